The standard InChI is InChI=1S/C19H19N7O5S/c1-4-24(5-2)13-6-7-14(15(8-13)21-12(3)27)22-23-16-9-19(32-11-20)18(26(30)31)10-17(16)25(28)29/h6-10H,4-5H2,1-3H3,(H,21,27)/b23-22+. The summed E-state index contributed by atoms with van der Waals surface area (Å²) in [5, 5.41) is 43.8. The van der Waals surface area contributed by atoms with Gasteiger partial charge >= 0.3 is 5.69 Å². The number of azo groups is 1. The minimum atomic E-state index is -0.819. The van der Waals surface area contributed by atoms with Gasteiger partial charge in [0, 0.05) is 25.7 Å². The van der Waals surface area contributed by atoms with Crippen LogP contribution in [-0.2, 0) is 4.79 Å². The zero-order valence-corrected chi connectivity index (χ0v) is 18.3. The molecule has 0 atom stereocenters. The van der Waals surface area contributed by atoms with Crippen molar-refractivity contribution in [1.29, 1.82) is 5.26 Å². The molecule has 0 fully saturated rings. The largest absolute Gasteiger partial charge is 0.372 e. The second-order valence-electron chi connectivity index (χ2n) is 6.27. The Hall–Kier alpha value is -4.05. The van der Waals surface area contributed by atoms with E-state index in [4.69, 9.17) is 5.26 Å². The fourth-order valence-electron chi connectivity index (χ4n) is 2.84. The molecule has 0 heterocycles. The zero-order valence-electron chi connectivity index (χ0n) is 17.4. The van der Waals surface area contributed by atoms with Crippen LogP contribution in [0.25, 0.3) is 0 Å². The first-order valence-electron chi connectivity index (χ1n) is 9.32. The maximum absolute atomic E-state index is 11.6. The van der Waals surface area contributed by atoms with Gasteiger partial charge in [-0.1, -0.05) is 0 Å². The highest BCUT2D eigenvalue weighted by atomic mass is 32.2. The Kier molecular flexibility index (Phi) is 8.19. The molecule has 0 aliphatic carbocycles. The van der Waals surface area contributed by atoms with Crippen LogP contribution in [0.3, 0.4) is 0 Å². The van der Waals surface area contributed by atoms with Gasteiger partial charge in [0.1, 0.15) is 16.0 Å². The number of thioether (sulfide) groups is 1. The molecule has 12 nitrogen and oxygen atoms in total. The Bertz CT molecular complexity index is 1130. The number of hydrogen-bond donors (Lipinski definition) is 1. The molecule has 0 aromatic heterocycles. The van der Waals surface area contributed by atoms with Crippen molar-refractivity contribution < 1.29 is 14.6 Å². The van der Waals surface area contributed by atoms with E-state index in [1.54, 1.807) is 23.6 Å². The third kappa shape index (κ3) is 5.76. The average molecular weight is 457 g/mol. The number of thiocyanates is 1. The van der Waals surface area contributed by atoms with Gasteiger partial charge in [0.2, 0.25) is 5.91 Å². The number of amides is 1. The molecule has 166 valence electrons. The Morgan fingerprint density at radius 3 is 2.25 bits per heavy atom. The van der Waals surface area contributed by atoms with Crippen LogP contribution in [0.4, 0.5) is 34.1 Å². The Labute approximate surface area is 187 Å². The number of nitro benzene ring substituents is 2. The highest BCUT2D eigenvalue weighted by Gasteiger charge is 2.25. The van der Waals surface area contributed by atoms with E-state index < -0.39 is 21.2 Å². The lowest BCUT2D eigenvalue weighted by molar-refractivity contribution is -0.395. The molecule has 0 saturated heterocycles. The van der Waals surface area contributed by atoms with Crippen molar-refractivity contribution in [3.8, 4) is 5.40 Å². The second-order valence-corrected chi connectivity index (χ2v) is 7.10. The van der Waals surface area contributed by atoms with Crippen LogP contribution in [0.1, 0.15) is 20.8 Å². The van der Waals surface area contributed by atoms with Crippen molar-refractivity contribution in [1.82, 2.24) is 0 Å². The third-order valence-electron chi connectivity index (χ3n) is 4.29. The third-order valence-corrected chi connectivity index (χ3v) is 4.93. The quantitative estimate of drug-likeness (QED) is 0.174. The molecule has 0 saturated carbocycles. The van der Waals surface area contributed by atoms with Crippen LogP contribution in [0, 0.1) is 30.9 Å². The summed E-state index contributed by atoms with van der Waals surface area (Å²) in [6.45, 7) is 6.79. The number of carbonyl (C=O) groups is 1. The summed E-state index contributed by atoms with van der Waals surface area (Å²) in [5.74, 6) is -0.341. The van der Waals surface area contributed by atoms with E-state index in [1.165, 1.54) is 6.92 Å². The van der Waals surface area contributed by atoms with Crippen molar-refractivity contribution in [2.24, 2.45) is 10.2 Å². The lowest BCUT2D eigenvalue weighted by Gasteiger charge is -2.22. The van der Waals surface area contributed by atoms with E-state index >= 15 is 0 Å². The normalized spacial score (nSPS) is 10.6. The second kappa shape index (κ2) is 10.8. The van der Waals surface area contributed by atoms with Gasteiger partial charge in [-0.05, 0) is 49.9 Å². The van der Waals surface area contributed by atoms with Crippen LogP contribution in [0.15, 0.2) is 45.5 Å². The fraction of sp³-hybridized carbons (Fsp3) is 0.263. The van der Waals surface area contributed by atoms with E-state index in [0.717, 1.165) is 30.9 Å². The van der Waals surface area contributed by atoms with E-state index in [1.807, 2.05) is 13.8 Å². The number of rotatable bonds is 9. The Morgan fingerprint density at radius 2 is 1.72 bits per heavy atom. The number of nitro groups is 2. The molecular formula is C19H19N7O5S. The molecule has 1 N–H and O–H groups in total. The molecule has 2 aromatic rings. The summed E-state index contributed by atoms with van der Waals surface area (Å²) in [6.07, 6.45) is 0. The summed E-state index contributed by atoms with van der Waals surface area (Å²) >= 11 is 0.485. The van der Waals surface area contributed by atoms with Crippen LogP contribution in [-0.4, -0.2) is 28.8 Å². The lowest BCUT2D eigenvalue weighted by Crippen LogP contribution is -2.21. The molecule has 1 amide bonds. The van der Waals surface area contributed by atoms with Crippen molar-refractivity contribution in [2.75, 3.05) is 23.3 Å². The smallest absolute Gasteiger partial charge is 0.303 e. The maximum atomic E-state index is 11.6. The van der Waals surface area contributed by atoms with Gasteiger partial charge in [-0.3, -0.25) is 25.0 Å². The van der Waals surface area contributed by atoms with Crippen molar-refractivity contribution in [3.05, 3.63) is 50.6 Å². The number of nitrogens with zero attached hydrogens (tertiary/aromatic N) is 6. The average Bonchev–Trinajstić information content (AvgIpc) is 2.73. The predicted octanol–water partition coefficient (Wildman–Crippen LogP) is 5.30. The molecule has 2 aromatic carbocycles. The highest BCUT2D eigenvalue weighted by Crippen LogP contribution is 2.40. The molecule has 13 heteroatoms. The molecule has 0 radical (unpaired) electrons. The van der Waals surface area contributed by atoms with Gasteiger partial charge in [-0.25, -0.2) is 0 Å². The van der Waals surface area contributed by atoms with Gasteiger partial charge < -0.3 is 10.2 Å². The van der Waals surface area contributed by atoms with Gasteiger partial charge in [-0.15, -0.1) is 10.2 Å². The fourth-order valence-corrected chi connectivity index (χ4v) is 3.35. The first-order valence-corrected chi connectivity index (χ1v) is 10.1. The topological polar surface area (TPSA) is 167 Å². The molecule has 0 bridgehead atoms. The number of nitriles is 1. The van der Waals surface area contributed by atoms with Gasteiger partial charge in [0.15, 0.2) is 5.69 Å². The number of benzene rings is 2. The zero-order chi connectivity index (χ0) is 23.8. The summed E-state index contributed by atoms with van der Waals surface area (Å²) in [5.41, 5.74) is -0.0555. The monoisotopic (exact) mass is 457 g/mol. The van der Waals surface area contributed by atoms with Gasteiger partial charge in [-0.2, -0.15) is 5.26 Å². The van der Waals surface area contributed by atoms with E-state index in [-0.39, 0.29) is 22.2 Å². The minimum Gasteiger partial charge on any atom is -0.372 e. The van der Waals surface area contributed by atoms with Crippen molar-refractivity contribution >= 4 is 51.8 Å². The van der Waals surface area contributed by atoms with Crippen LogP contribution in [0.2, 0.25) is 0 Å². The van der Waals surface area contributed by atoms with E-state index in [9.17, 15) is 25.0 Å². The van der Waals surface area contributed by atoms with Crippen LogP contribution in [0.5, 0.6) is 0 Å². The molecule has 2 rings (SSSR count). The van der Waals surface area contributed by atoms with Crippen molar-refractivity contribution in [2.45, 2.75) is 25.7 Å². The predicted molar refractivity (Wildman–Crippen MR) is 120 cm³/mol. The summed E-state index contributed by atoms with van der Waals surface area (Å²) in [7, 11) is 0. The van der Waals surface area contributed by atoms with Crippen molar-refractivity contribution in [3.63, 3.8) is 0 Å². The summed E-state index contributed by atoms with van der Waals surface area (Å²) in [6, 6.07) is 6.89. The molecular weight excluding hydrogens is 438 g/mol. The number of hydrogen-bond acceptors (Lipinski definition) is 10. The molecule has 32 heavy (non-hydrogen) atoms. The first kappa shape index (κ1) is 24.2. The van der Waals surface area contributed by atoms with Gasteiger partial charge in [0.05, 0.1) is 21.6 Å². The Morgan fingerprint density at radius 1 is 1.09 bits per heavy atom. The maximum Gasteiger partial charge on any atom is 0.303 e. The number of carbonyl (C=O) groups excluding carboxylic acids is 1. The molecule has 0 aliphatic rings. The summed E-state index contributed by atoms with van der Waals surface area (Å²) < 4.78 is 0. The lowest BCUT2D eigenvalue weighted by atomic mass is 10.2. The van der Waals surface area contributed by atoms with Crippen LogP contribution >= 0.6 is 11.8 Å². The van der Waals surface area contributed by atoms with Crippen LogP contribution < -0.4 is 10.2 Å². The van der Waals surface area contributed by atoms with Gasteiger partial charge in [0.25, 0.3) is 5.69 Å². The summed E-state index contributed by atoms with van der Waals surface area (Å²) in [4.78, 5) is 34.6. The van der Waals surface area contributed by atoms with E-state index in [2.05, 4.69) is 20.4 Å². The van der Waals surface area contributed by atoms with E-state index in [0.29, 0.717) is 17.4 Å². The number of nitrogens with one attached hydrogen (secondary N) is 1. The Balaban J connectivity index is 2.59. The highest BCUT2D eigenvalue weighted by molar-refractivity contribution is 8.03. The molecule has 0 aliphatic heterocycles. The molecule has 0 unspecified atom stereocenters. The number of anilines is 2. The molecule has 0 spiro atoms. The minimum absolute atomic E-state index is 0.101. The first-order chi connectivity index (χ1) is 15.2. The SMILES string of the molecule is CCN(CC)c1ccc(/N=N/c2cc(SC#N)c([N+](=O)[O-])cc2[N+](=O)[O-])c(NC(C)=O)c1.